The molecule has 1 unspecified atom stereocenters. The average molecular weight is 204 g/mol. The van der Waals surface area contributed by atoms with Crippen molar-refractivity contribution < 1.29 is 9.90 Å². The van der Waals surface area contributed by atoms with Crippen molar-refractivity contribution in [1.29, 1.82) is 0 Å². The van der Waals surface area contributed by atoms with Crippen LogP contribution in [0.3, 0.4) is 0 Å². The highest BCUT2D eigenvalue weighted by molar-refractivity contribution is 8.00. The minimum Gasteiger partial charge on any atom is -0.396 e. The van der Waals surface area contributed by atoms with Crippen LogP contribution in [0.2, 0.25) is 0 Å². The Kier molecular flexibility index (Phi) is 5.65. The summed E-state index contributed by atoms with van der Waals surface area (Å²) < 4.78 is 0. The van der Waals surface area contributed by atoms with Gasteiger partial charge in [0.25, 0.3) is 0 Å². The molecule has 0 aliphatic heterocycles. The molecule has 0 heterocycles. The third-order valence-electron chi connectivity index (χ3n) is 1.87. The first-order valence-corrected chi connectivity index (χ1v) is 5.68. The number of aliphatic hydroxyl groups is 1. The number of thioether (sulfide) groups is 1. The Bertz CT molecular complexity index is 161. The summed E-state index contributed by atoms with van der Waals surface area (Å²) >= 11 is 1.63. The molecule has 0 rings (SSSR count). The molecule has 1 atom stereocenters. The van der Waals surface area contributed by atoms with Crippen molar-refractivity contribution in [1.82, 2.24) is 0 Å². The molecule has 0 spiro atoms. The number of Topliss-reactive ketones (excluding diaryl/α,β-unsaturated/α-hetero) is 1. The standard InChI is InChI=1S/C10H20O2S/c1-8(5-6-11)13-7-9(12)10(2,3)4/h8,11H,5-7H2,1-4H3. The lowest BCUT2D eigenvalue weighted by molar-refractivity contribution is -0.123. The van der Waals surface area contributed by atoms with Gasteiger partial charge in [0.1, 0.15) is 5.78 Å². The van der Waals surface area contributed by atoms with Crippen molar-refractivity contribution in [2.75, 3.05) is 12.4 Å². The highest BCUT2D eigenvalue weighted by Crippen LogP contribution is 2.21. The Hall–Kier alpha value is -0.0200. The number of aliphatic hydroxyl groups excluding tert-OH is 1. The van der Waals surface area contributed by atoms with Gasteiger partial charge in [0.15, 0.2) is 0 Å². The SMILES string of the molecule is CC(CCO)SCC(=O)C(C)(C)C. The highest BCUT2D eigenvalue weighted by atomic mass is 32.2. The van der Waals surface area contributed by atoms with Gasteiger partial charge in [-0.1, -0.05) is 27.7 Å². The van der Waals surface area contributed by atoms with Crippen LogP contribution in [0.1, 0.15) is 34.1 Å². The maximum Gasteiger partial charge on any atom is 0.148 e. The molecule has 0 radical (unpaired) electrons. The lowest BCUT2D eigenvalue weighted by atomic mass is 9.92. The fourth-order valence-corrected chi connectivity index (χ4v) is 1.84. The van der Waals surface area contributed by atoms with Gasteiger partial charge in [0, 0.05) is 17.3 Å². The number of hydrogen-bond acceptors (Lipinski definition) is 3. The number of rotatable bonds is 5. The summed E-state index contributed by atoms with van der Waals surface area (Å²) in [7, 11) is 0. The number of hydrogen-bond donors (Lipinski definition) is 1. The Morgan fingerprint density at radius 1 is 1.46 bits per heavy atom. The van der Waals surface area contributed by atoms with E-state index in [-0.39, 0.29) is 17.8 Å². The van der Waals surface area contributed by atoms with Gasteiger partial charge >= 0.3 is 0 Å². The molecule has 3 heteroatoms. The quantitative estimate of drug-likeness (QED) is 0.745. The van der Waals surface area contributed by atoms with Gasteiger partial charge in [0.05, 0.1) is 5.75 Å². The van der Waals surface area contributed by atoms with Crippen molar-refractivity contribution in [2.24, 2.45) is 5.41 Å². The molecule has 0 fully saturated rings. The van der Waals surface area contributed by atoms with Crippen LogP contribution >= 0.6 is 11.8 Å². The normalized spacial score (nSPS) is 14.2. The molecule has 0 aromatic heterocycles. The maximum absolute atomic E-state index is 11.5. The van der Waals surface area contributed by atoms with E-state index in [0.29, 0.717) is 11.0 Å². The summed E-state index contributed by atoms with van der Waals surface area (Å²) in [5, 5.41) is 9.04. The van der Waals surface area contributed by atoms with Gasteiger partial charge < -0.3 is 5.11 Å². The zero-order valence-corrected chi connectivity index (χ0v) is 9.78. The molecule has 0 bridgehead atoms. The molecular weight excluding hydrogens is 184 g/mol. The van der Waals surface area contributed by atoms with Gasteiger partial charge in [-0.3, -0.25) is 4.79 Å². The van der Waals surface area contributed by atoms with E-state index < -0.39 is 0 Å². The summed E-state index contributed by atoms with van der Waals surface area (Å²) in [6.45, 7) is 8.06. The van der Waals surface area contributed by atoms with Crippen molar-refractivity contribution in [3.63, 3.8) is 0 Å². The fourth-order valence-electron chi connectivity index (χ4n) is 0.700. The third kappa shape index (κ3) is 6.11. The second-order valence-electron chi connectivity index (χ2n) is 4.31. The van der Waals surface area contributed by atoms with Gasteiger partial charge in [-0.25, -0.2) is 0 Å². The van der Waals surface area contributed by atoms with Crippen LogP contribution in [0.15, 0.2) is 0 Å². The molecule has 0 aliphatic carbocycles. The van der Waals surface area contributed by atoms with Crippen LogP contribution in [0.25, 0.3) is 0 Å². The maximum atomic E-state index is 11.5. The molecule has 0 aromatic carbocycles. The molecule has 1 N–H and O–H groups in total. The first kappa shape index (κ1) is 13.0. The lowest BCUT2D eigenvalue weighted by Gasteiger charge is -2.17. The van der Waals surface area contributed by atoms with Crippen molar-refractivity contribution in [3.8, 4) is 0 Å². The topological polar surface area (TPSA) is 37.3 Å². The monoisotopic (exact) mass is 204 g/mol. The van der Waals surface area contributed by atoms with Crippen LogP contribution < -0.4 is 0 Å². The molecule has 13 heavy (non-hydrogen) atoms. The van der Waals surface area contributed by atoms with Crippen LogP contribution in [0.4, 0.5) is 0 Å². The zero-order chi connectivity index (χ0) is 10.5. The number of carbonyl (C=O) groups excluding carboxylic acids is 1. The van der Waals surface area contributed by atoms with Crippen LogP contribution in [-0.4, -0.2) is 28.5 Å². The van der Waals surface area contributed by atoms with E-state index in [9.17, 15) is 4.79 Å². The summed E-state index contributed by atoms with van der Waals surface area (Å²) in [5.41, 5.74) is -0.230. The Morgan fingerprint density at radius 2 is 2.00 bits per heavy atom. The first-order chi connectivity index (χ1) is 5.88. The minimum absolute atomic E-state index is 0.206. The number of ketones is 1. The van der Waals surface area contributed by atoms with E-state index in [4.69, 9.17) is 5.11 Å². The predicted molar refractivity (Wildman–Crippen MR) is 58.1 cm³/mol. The van der Waals surface area contributed by atoms with Gasteiger partial charge in [-0.15, -0.1) is 0 Å². The number of carbonyl (C=O) groups is 1. The molecule has 0 saturated heterocycles. The van der Waals surface area contributed by atoms with Crippen molar-refractivity contribution >= 4 is 17.5 Å². The summed E-state index contributed by atoms with van der Waals surface area (Å²) in [5.74, 6) is 0.840. The largest absolute Gasteiger partial charge is 0.396 e. The summed E-state index contributed by atoms with van der Waals surface area (Å²) in [4.78, 5) is 11.5. The van der Waals surface area contributed by atoms with E-state index in [1.165, 1.54) is 0 Å². The molecule has 2 nitrogen and oxygen atoms in total. The van der Waals surface area contributed by atoms with Crippen molar-refractivity contribution in [2.45, 2.75) is 39.4 Å². The second kappa shape index (κ2) is 5.66. The lowest BCUT2D eigenvalue weighted by Crippen LogP contribution is -2.23. The predicted octanol–water partition coefficient (Wildman–Crippen LogP) is 2.11. The van der Waals surface area contributed by atoms with E-state index in [0.717, 1.165) is 6.42 Å². The molecule has 0 amide bonds. The van der Waals surface area contributed by atoms with E-state index >= 15 is 0 Å². The van der Waals surface area contributed by atoms with E-state index in [2.05, 4.69) is 0 Å². The van der Waals surface area contributed by atoms with E-state index in [1.807, 2.05) is 27.7 Å². The zero-order valence-electron chi connectivity index (χ0n) is 8.96. The van der Waals surface area contributed by atoms with E-state index in [1.54, 1.807) is 11.8 Å². The first-order valence-electron chi connectivity index (χ1n) is 4.63. The second-order valence-corrected chi connectivity index (χ2v) is 5.73. The molecule has 78 valence electrons. The molecule has 0 aromatic rings. The highest BCUT2D eigenvalue weighted by Gasteiger charge is 2.21. The van der Waals surface area contributed by atoms with Gasteiger partial charge in [0.2, 0.25) is 0 Å². The summed E-state index contributed by atoms with van der Waals surface area (Å²) in [6, 6.07) is 0. The molecule has 0 aliphatic rings. The van der Waals surface area contributed by atoms with Gasteiger partial charge in [-0.2, -0.15) is 11.8 Å². The van der Waals surface area contributed by atoms with Crippen molar-refractivity contribution in [3.05, 3.63) is 0 Å². The smallest absolute Gasteiger partial charge is 0.148 e. The third-order valence-corrected chi connectivity index (χ3v) is 3.10. The Morgan fingerprint density at radius 3 is 2.38 bits per heavy atom. The average Bonchev–Trinajstić information content (AvgIpc) is 1.99. The molecule has 0 saturated carbocycles. The van der Waals surface area contributed by atoms with Crippen LogP contribution in [-0.2, 0) is 4.79 Å². The van der Waals surface area contributed by atoms with Gasteiger partial charge in [-0.05, 0) is 6.42 Å². The fraction of sp³-hybridized carbons (Fsp3) is 0.900. The minimum atomic E-state index is -0.230. The Labute approximate surface area is 85.1 Å². The Balaban J connectivity index is 3.71. The van der Waals surface area contributed by atoms with Crippen LogP contribution in [0, 0.1) is 5.41 Å². The van der Waals surface area contributed by atoms with Crippen LogP contribution in [0.5, 0.6) is 0 Å². The molecular formula is C10H20O2S. The summed E-state index contributed by atoms with van der Waals surface area (Å²) in [6.07, 6.45) is 0.766.